The molecule has 2 aliphatic rings. The number of hydrogen-bond donors (Lipinski definition) is 2. The van der Waals surface area contributed by atoms with Crippen LogP contribution in [0.1, 0.15) is 40.0 Å². The molecule has 1 heterocycles. The summed E-state index contributed by atoms with van der Waals surface area (Å²) in [5.41, 5.74) is 5.22. The molecule has 0 bridgehead atoms. The highest BCUT2D eigenvalue weighted by Crippen LogP contribution is 2.40. The number of primary amides is 1. The number of morpholine rings is 1. The van der Waals surface area contributed by atoms with E-state index in [0.29, 0.717) is 12.5 Å². The van der Waals surface area contributed by atoms with E-state index in [1.165, 1.54) is 0 Å². The minimum atomic E-state index is -0.566. The number of rotatable bonds is 7. The monoisotopic (exact) mass is 283 g/mol. The van der Waals surface area contributed by atoms with Crippen molar-refractivity contribution < 1.29 is 9.53 Å². The molecule has 3 N–H and O–H groups in total. The molecule has 20 heavy (non-hydrogen) atoms. The van der Waals surface area contributed by atoms with E-state index < -0.39 is 5.54 Å². The highest BCUT2D eigenvalue weighted by atomic mass is 16.5. The first-order chi connectivity index (χ1) is 9.48. The van der Waals surface area contributed by atoms with E-state index in [-0.39, 0.29) is 18.1 Å². The molecule has 1 saturated heterocycles. The predicted molar refractivity (Wildman–Crippen MR) is 79.4 cm³/mol. The molecular weight excluding hydrogens is 254 g/mol. The second kappa shape index (κ2) is 6.41. The van der Waals surface area contributed by atoms with E-state index in [2.05, 4.69) is 31.0 Å². The van der Waals surface area contributed by atoms with Gasteiger partial charge in [-0.25, -0.2) is 0 Å². The van der Waals surface area contributed by atoms with Crippen LogP contribution >= 0.6 is 0 Å². The Morgan fingerprint density at radius 2 is 2.20 bits per heavy atom. The zero-order valence-corrected chi connectivity index (χ0v) is 13.0. The number of nitrogens with one attached hydrogen (secondary N) is 1. The summed E-state index contributed by atoms with van der Waals surface area (Å²) in [7, 11) is 0. The van der Waals surface area contributed by atoms with Crippen molar-refractivity contribution in [1.29, 1.82) is 0 Å². The first-order valence-electron chi connectivity index (χ1n) is 7.89. The number of hydrogen-bond acceptors (Lipinski definition) is 4. The van der Waals surface area contributed by atoms with Gasteiger partial charge in [0.2, 0.25) is 5.91 Å². The lowest BCUT2D eigenvalue weighted by atomic mass is 9.90. The van der Waals surface area contributed by atoms with E-state index in [1.807, 2.05) is 0 Å². The Morgan fingerprint density at radius 3 is 2.70 bits per heavy atom. The Kier molecular flexibility index (Phi) is 5.04. The van der Waals surface area contributed by atoms with Crippen molar-refractivity contribution in [2.75, 3.05) is 26.2 Å². The molecule has 1 aliphatic carbocycles. The van der Waals surface area contributed by atoms with Gasteiger partial charge in [0.1, 0.15) is 5.54 Å². The summed E-state index contributed by atoms with van der Waals surface area (Å²) < 4.78 is 5.71. The molecule has 2 atom stereocenters. The second-order valence-electron chi connectivity index (χ2n) is 6.55. The average molecular weight is 283 g/mol. The molecular formula is C15H29N3O2. The summed E-state index contributed by atoms with van der Waals surface area (Å²) in [6, 6.07) is 0.256. The molecule has 0 radical (unpaired) electrons. The van der Waals surface area contributed by atoms with Gasteiger partial charge in [-0.1, -0.05) is 6.92 Å². The van der Waals surface area contributed by atoms with E-state index in [9.17, 15) is 4.79 Å². The predicted octanol–water partition coefficient (Wildman–Crippen LogP) is 0.729. The van der Waals surface area contributed by atoms with E-state index >= 15 is 0 Å². The maximum Gasteiger partial charge on any atom is 0.239 e. The molecule has 0 spiro atoms. The summed E-state index contributed by atoms with van der Waals surface area (Å²) in [5.74, 6) is 0.193. The molecule has 1 amide bonds. The molecule has 2 rings (SSSR count). The Bertz CT molecular complexity index is 344. The van der Waals surface area contributed by atoms with Crippen molar-refractivity contribution in [3.05, 3.63) is 0 Å². The Morgan fingerprint density at radius 1 is 1.50 bits per heavy atom. The SMILES string of the molecule is CCC1CN(CC(NC(C)C)(C(N)=O)C2CC2)CCO1. The minimum Gasteiger partial charge on any atom is -0.376 e. The second-order valence-corrected chi connectivity index (χ2v) is 6.55. The van der Waals surface area contributed by atoms with Gasteiger partial charge in [-0.3, -0.25) is 15.0 Å². The molecule has 2 fully saturated rings. The first kappa shape index (κ1) is 15.7. The number of nitrogens with zero attached hydrogens (tertiary/aromatic N) is 1. The van der Waals surface area contributed by atoms with E-state index in [1.54, 1.807) is 0 Å². The Balaban J connectivity index is 2.08. The van der Waals surface area contributed by atoms with Crippen LogP contribution in [0, 0.1) is 5.92 Å². The topological polar surface area (TPSA) is 67.6 Å². The van der Waals surface area contributed by atoms with Crippen LogP contribution in [0.15, 0.2) is 0 Å². The Hall–Kier alpha value is -0.650. The first-order valence-corrected chi connectivity index (χ1v) is 7.89. The van der Waals surface area contributed by atoms with Crippen LogP contribution in [0.3, 0.4) is 0 Å². The molecule has 2 unspecified atom stereocenters. The summed E-state index contributed by atoms with van der Waals surface area (Å²) >= 11 is 0. The fourth-order valence-electron chi connectivity index (χ4n) is 3.26. The summed E-state index contributed by atoms with van der Waals surface area (Å²) in [6.45, 7) is 9.55. The molecule has 0 aromatic heterocycles. The van der Waals surface area contributed by atoms with Crippen LogP contribution in [-0.4, -0.2) is 54.7 Å². The van der Waals surface area contributed by atoms with Gasteiger partial charge in [-0.2, -0.15) is 0 Å². The molecule has 5 nitrogen and oxygen atoms in total. The maximum absolute atomic E-state index is 12.2. The third kappa shape index (κ3) is 3.51. The van der Waals surface area contributed by atoms with Crippen molar-refractivity contribution in [2.24, 2.45) is 11.7 Å². The fraction of sp³-hybridized carbons (Fsp3) is 0.933. The number of carbonyl (C=O) groups excluding carboxylic acids is 1. The highest BCUT2D eigenvalue weighted by molar-refractivity contribution is 5.86. The standard InChI is InChI=1S/C15H29N3O2/c1-4-13-9-18(7-8-20-13)10-15(14(16)19,12-5-6-12)17-11(2)3/h11-13,17H,4-10H2,1-3H3,(H2,16,19). The summed E-state index contributed by atoms with van der Waals surface area (Å²) in [4.78, 5) is 14.5. The van der Waals surface area contributed by atoms with Crippen molar-refractivity contribution in [3.8, 4) is 0 Å². The number of amides is 1. The summed E-state index contributed by atoms with van der Waals surface area (Å²) in [5, 5.41) is 3.48. The van der Waals surface area contributed by atoms with Crippen LogP contribution in [0.4, 0.5) is 0 Å². The summed E-state index contributed by atoms with van der Waals surface area (Å²) in [6.07, 6.45) is 3.50. The van der Waals surface area contributed by atoms with E-state index in [0.717, 1.165) is 39.0 Å². The van der Waals surface area contributed by atoms with Crippen LogP contribution < -0.4 is 11.1 Å². The maximum atomic E-state index is 12.2. The van der Waals surface area contributed by atoms with Gasteiger partial charge >= 0.3 is 0 Å². The molecule has 0 aromatic carbocycles. The normalized spacial score (nSPS) is 27.5. The van der Waals surface area contributed by atoms with Crippen molar-refractivity contribution in [2.45, 2.75) is 57.7 Å². The molecule has 0 aromatic rings. The highest BCUT2D eigenvalue weighted by Gasteiger charge is 2.51. The third-order valence-electron chi connectivity index (χ3n) is 4.41. The lowest BCUT2D eigenvalue weighted by Gasteiger charge is -2.41. The minimum absolute atomic E-state index is 0.201. The van der Waals surface area contributed by atoms with Gasteiger partial charge in [0.05, 0.1) is 12.7 Å². The number of ether oxygens (including phenoxy) is 1. The largest absolute Gasteiger partial charge is 0.376 e. The third-order valence-corrected chi connectivity index (χ3v) is 4.41. The van der Waals surface area contributed by atoms with Gasteiger partial charge in [0.15, 0.2) is 0 Å². The average Bonchev–Trinajstić information content (AvgIpc) is 3.21. The molecule has 116 valence electrons. The van der Waals surface area contributed by atoms with E-state index in [4.69, 9.17) is 10.5 Å². The van der Waals surface area contributed by atoms with Gasteiger partial charge < -0.3 is 10.5 Å². The number of carbonyl (C=O) groups is 1. The molecule has 1 saturated carbocycles. The molecule has 5 heteroatoms. The van der Waals surface area contributed by atoms with Crippen LogP contribution in [-0.2, 0) is 9.53 Å². The van der Waals surface area contributed by atoms with Crippen molar-refractivity contribution in [1.82, 2.24) is 10.2 Å². The van der Waals surface area contributed by atoms with Crippen LogP contribution in [0.2, 0.25) is 0 Å². The van der Waals surface area contributed by atoms with Crippen LogP contribution in [0.5, 0.6) is 0 Å². The van der Waals surface area contributed by atoms with Gasteiger partial charge in [0, 0.05) is 25.7 Å². The lowest BCUT2D eigenvalue weighted by molar-refractivity contribution is -0.128. The quantitative estimate of drug-likeness (QED) is 0.723. The van der Waals surface area contributed by atoms with Gasteiger partial charge in [-0.05, 0) is 39.0 Å². The van der Waals surface area contributed by atoms with Crippen LogP contribution in [0.25, 0.3) is 0 Å². The number of nitrogens with two attached hydrogens (primary N) is 1. The van der Waals surface area contributed by atoms with Gasteiger partial charge in [-0.15, -0.1) is 0 Å². The Labute approximate surface area is 122 Å². The fourth-order valence-corrected chi connectivity index (χ4v) is 3.26. The smallest absolute Gasteiger partial charge is 0.239 e. The lowest BCUT2D eigenvalue weighted by Crippen LogP contribution is -2.66. The zero-order chi connectivity index (χ0) is 14.8. The zero-order valence-electron chi connectivity index (χ0n) is 13.0. The van der Waals surface area contributed by atoms with Gasteiger partial charge in [0.25, 0.3) is 0 Å². The van der Waals surface area contributed by atoms with Crippen molar-refractivity contribution >= 4 is 5.91 Å². The molecule has 1 aliphatic heterocycles. The van der Waals surface area contributed by atoms with Crippen molar-refractivity contribution in [3.63, 3.8) is 0 Å².